The Labute approximate surface area is 130 Å². The summed E-state index contributed by atoms with van der Waals surface area (Å²) in [7, 11) is 0. The van der Waals surface area contributed by atoms with Crippen molar-refractivity contribution in [2.24, 2.45) is 0 Å². The first-order chi connectivity index (χ1) is 10.7. The molecule has 3 aromatic rings. The van der Waals surface area contributed by atoms with E-state index in [1.54, 1.807) is 6.07 Å². The molecule has 3 rings (SSSR count). The van der Waals surface area contributed by atoms with Gasteiger partial charge in [-0.05, 0) is 22.7 Å². The number of aromatic nitrogens is 4. The molecule has 1 aromatic carbocycles. The van der Waals surface area contributed by atoms with E-state index in [4.69, 9.17) is 16.7 Å². The van der Waals surface area contributed by atoms with Crippen LogP contribution in [0, 0.1) is 5.82 Å². The first kappa shape index (κ1) is 14.4. The Kier molecular flexibility index (Phi) is 3.99. The topological polar surface area (TPSA) is 86.7 Å². The van der Waals surface area contributed by atoms with Gasteiger partial charge in [-0.2, -0.15) is 10.1 Å². The minimum Gasteiger partial charge on any atom is -0.392 e. The lowest BCUT2D eigenvalue weighted by Crippen LogP contribution is -1.98. The van der Waals surface area contributed by atoms with E-state index in [-0.39, 0.29) is 17.7 Å². The molecule has 112 valence electrons. The highest BCUT2D eigenvalue weighted by Gasteiger charge is 2.09. The van der Waals surface area contributed by atoms with Gasteiger partial charge in [0.2, 0.25) is 5.28 Å². The van der Waals surface area contributed by atoms with E-state index in [1.807, 2.05) is 24.3 Å². The number of nitrogens with one attached hydrogen (secondary N) is 2. The van der Waals surface area contributed by atoms with Gasteiger partial charge in [0.25, 0.3) is 0 Å². The number of halogens is 2. The Morgan fingerprint density at radius 2 is 2.05 bits per heavy atom. The zero-order valence-electron chi connectivity index (χ0n) is 11.2. The predicted octanol–water partition coefficient (Wildman–Crippen LogP) is 2.90. The summed E-state index contributed by atoms with van der Waals surface area (Å²) in [5, 5.41) is 18.6. The van der Waals surface area contributed by atoms with Crippen molar-refractivity contribution in [2.45, 2.75) is 6.61 Å². The number of rotatable bonds is 4. The number of nitrogens with zero attached hydrogens (tertiary/aromatic N) is 3. The van der Waals surface area contributed by atoms with Crippen LogP contribution in [0.25, 0.3) is 11.3 Å². The summed E-state index contributed by atoms with van der Waals surface area (Å²) in [4.78, 5) is 7.30. The van der Waals surface area contributed by atoms with Gasteiger partial charge in [0, 0.05) is 6.07 Å². The lowest BCUT2D eigenvalue weighted by Gasteiger charge is -2.02. The van der Waals surface area contributed by atoms with Crippen LogP contribution in [-0.4, -0.2) is 25.3 Å². The van der Waals surface area contributed by atoms with Crippen molar-refractivity contribution in [3.63, 3.8) is 0 Å². The summed E-state index contributed by atoms with van der Waals surface area (Å²) in [6.45, 7) is -0.0101. The molecule has 0 amide bonds. The zero-order chi connectivity index (χ0) is 15.5. The molecule has 0 saturated heterocycles. The molecule has 2 heterocycles. The van der Waals surface area contributed by atoms with Crippen LogP contribution in [0.2, 0.25) is 5.28 Å². The SMILES string of the molecule is OCc1ccc(-c2cc(Nc3nc(Cl)ncc3F)n[nH]2)cc1. The van der Waals surface area contributed by atoms with Crippen LogP contribution in [0.4, 0.5) is 16.0 Å². The van der Waals surface area contributed by atoms with Crippen LogP contribution < -0.4 is 5.32 Å². The molecule has 2 aromatic heterocycles. The molecule has 22 heavy (non-hydrogen) atoms. The highest BCUT2D eigenvalue weighted by Crippen LogP contribution is 2.23. The van der Waals surface area contributed by atoms with Crippen LogP contribution >= 0.6 is 11.6 Å². The molecule has 0 aliphatic heterocycles. The van der Waals surface area contributed by atoms with Crippen LogP contribution in [0.15, 0.2) is 36.5 Å². The second-order valence-corrected chi connectivity index (χ2v) is 4.82. The number of aromatic amines is 1. The van der Waals surface area contributed by atoms with E-state index in [2.05, 4.69) is 25.5 Å². The minimum absolute atomic E-state index is 0.0101. The molecule has 8 heteroatoms. The first-order valence-corrected chi connectivity index (χ1v) is 6.74. The number of aliphatic hydroxyl groups is 1. The molecule has 0 unspecified atom stereocenters. The molecule has 0 fully saturated rings. The van der Waals surface area contributed by atoms with Gasteiger partial charge < -0.3 is 10.4 Å². The zero-order valence-corrected chi connectivity index (χ0v) is 12.0. The van der Waals surface area contributed by atoms with Crippen molar-refractivity contribution in [2.75, 3.05) is 5.32 Å². The summed E-state index contributed by atoms with van der Waals surface area (Å²) in [5.74, 6) is -0.273. The molecule has 0 aliphatic carbocycles. The Hall–Kier alpha value is -2.51. The van der Waals surface area contributed by atoms with Crippen LogP contribution in [0.3, 0.4) is 0 Å². The Bertz CT molecular complexity index is 790. The van der Waals surface area contributed by atoms with Gasteiger partial charge >= 0.3 is 0 Å². The smallest absolute Gasteiger partial charge is 0.224 e. The average molecular weight is 320 g/mol. The lowest BCUT2D eigenvalue weighted by atomic mass is 10.1. The van der Waals surface area contributed by atoms with Crippen LogP contribution in [0.1, 0.15) is 5.56 Å². The van der Waals surface area contributed by atoms with Crippen molar-refractivity contribution in [1.29, 1.82) is 0 Å². The maximum atomic E-state index is 13.6. The van der Waals surface area contributed by atoms with Crippen LogP contribution in [-0.2, 0) is 6.61 Å². The number of benzene rings is 1. The number of hydrogen-bond donors (Lipinski definition) is 3. The molecule has 0 bridgehead atoms. The summed E-state index contributed by atoms with van der Waals surface area (Å²) < 4.78 is 13.6. The summed E-state index contributed by atoms with van der Waals surface area (Å²) in [5.41, 5.74) is 2.45. The van der Waals surface area contributed by atoms with E-state index < -0.39 is 5.82 Å². The Morgan fingerprint density at radius 3 is 2.77 bits per heavy atom. The molecular formula is C14H11ClFN5O. The van der Waals surface area contributed by atoms with Crippen molar-refractivity contribution < 1.29 is 9.50 Å². The van der Waals surface area contributed by atoms with Crippen molar-refractivity contribution in [1.82, 2.24) is 20.2 Å². The molecule has 0 saturated carbocycles. The number of anilines is 2. The van der Waals surface area contributed by atoms with Gasteiger partial charge in [-0.15, -0.1) is 0 Å². The number of hydrogen-bond acceptors (Lipinski definition) is 5. The van der Waals surface area contributed by atoms with E-state index in [0.29, 0.717) is 5.82 Å². The van der Waals surface area contributed by atoms with Crippen molar-refractivity contribution >= 4 is 23.2 Å². The standard InChI is InChI=1S/C14H11ClFN5O/c15-14-17-6-10(16)13(19-14)18-12-5-11(20-21-12)9-3-1-8(7-22)2-4-9/h1-6,22H,7H2,(H2,17,18,19,20,21). The third kappa shape index (κ3) is 3.05. The Balaban J connectivity index is 1.82. The monoisotopic (exact) mass is 319 g/mol. The molecule has 0 spiro atoms. The van der Waals surface area contributed by atoms with E-state index in [9.17, 15) is 4.39 Å². The summed E-state index contributed by atoms with van der Waals surface area (Å²) >= 11 is 5.64. The van der Waals surface area contributed by atoms with Crippen molar-refractivity contribution in [3.05, 3.63) is 53.2 Å². The molecular weight excluding hydrogens is 309 g/mol. The van der Waals surface area contributed by atoms with Gasteiger partial charge in [-0.1, -0.05) is 24.3 Å². The fraction of sp³-hybridized carbons (Fsp3) is 0.0714. The lowest BCUT2D eigenvalue weighted by molar-refractivity contribution is 0.282. The number of aliphatic hydroxyl groups excluding tert-OH is 1. The fourth-order valence-corrected chi connectivity index (χ4v) is 2.01. The maximum absolute atomic E-state index is 13.6. The second-order valence-electron chi connectivity index (χ2n) is 4.48. The molecule has 0 atom stereocenters. The largest absolute Gasteiger partial charge is 0.392 e. The summed E-state index contributed by atoms with van der Waals surface area (Å²) in [6.07, 6.45) is 0.985. The average Bonchev–Trinajstić information content (AvgIpc) is 2.99. The quantitative estimate of drug-likeness (QED) is 0.644. The maximum Gasteiger partial charge on any atom is 0.224 e. The van der Waals surface area contributed by atoms with Gasteiger partial charge in [-0.25, -0.2) is 9.37 Å². The second kappa shape index (κ2) is 6.08. The fourth-order valence-electron chi connectivity index (χ4n) is 1.88. The third-order valence-corrected chi connectivity index (χ3v) is 3.17. The number of H-pyrrole nitrogens is 1. The molecule has 3 N–H and O–H groups in total. The highest BCUT2D eigenvalue weighted by atomic mass is 35.5. The van der Waals surface area contributed by atoms with Gasteiger partial charge in [0.1, 0.15) is 0 Å². The van der Waals surface area contributed by atoms with E-state index in [0.717, 1.165) is 23.0 Å². The van der Waals surface area contributed by atoms with Crippen LogP contribution in [0.5, 0.6) is 0 Å². The van der Waals surface area contributed by atoms with Gasteiger partial charge in [0.05, 0.1) is 18.5 Å². The first-order valence-electron chi connectivity index (χ1n) is 6.36. The minimum atomic E-state index is -0.624. The van der Waals surface area contributed by atoms with E-state index >= 15 is 0 Å². The normalized spacial score (nSPS) is 10.7. The molecule has 0 aliphatic rings. The third-order valence-electron chi connectivity index (χ3n) is 2.99. The predicted molar refractivity (Wildman–Crippen MR) is 80.2 cm³/mol. The Morgan fingerprint density at radius 1 is 1.27 bits per heavy atom. The van der Waals surface area contributed by atoms with E-state index in [1.165, 1.54) is 0 Å². The van der Waals surface area contributed by atoms with Gasteiger partial charge in [-0.3, -0.25) is 5.10 Å². The highest BCUT2D eigenvalue weighted by molar-refractivity contribution is 6.28. The molecule has 6 nitrogen and oxygen atoms in total. The van der Waals surface area contributed by atoms with Gasteiger partial charge in [0.15, 0.2) is 17.5 Å². The van der Waals surface area contributed by atoms with Crippen molar-refractivity contribution in [3.8, 4) is 11.3 Å². The summed E-state index contributed by atoms with van der Waals surface area (Å²) in [6, 6.07) is 9.04. The molecule has 0 radical (unpaired) electrons.